The fourth-order valence-corrected chi connectivity index (χ4v) is 4.40. The molecule has 0 spiro atoms. The van der Waals surface area contributed by atoms with Gasteiger partial charge in [0.2, 0.25) is 0 Å². The smallest absolute Gasteiger partial charge is 0.154 e. The molecule has 0 aromatic rings. The molecule has 0 aliphatic carbocycles. The average Bonchev–Trinajstić information content (AvgIpc) is 2.30. The lowest BCUT2D eigenvalue weighted by Crippen LogP contribution is -2.44. The molecule has 4 nitrogen and oxygen atoms in total. The first kappa shape index (κ1) is 17.9. The van der Waals surface area contributed by atoms with E-state index in [1.54, 1.807) is 7.11 Å². The van der Waals surface area contributed by atoms with Crippen molar-refractivity contribution in [3.8, 4) is 0 Å². The first-order valence-electron chi connectivity index (χ1n) is 6.97. The number of rotatable bonds is 11. The lowest BCUT2D eigenvalue weighted by Gasteiger charge is -2.26. The third-order valence-corrected chi connectivity index (χ3v) is 5.60. The van der Waals surface area contributed by atoms with E-state index in [0.29, 0.717) is 19.4 Å². The molecule has 0 amide bonds. The van der Waals surface area contributed by atoms with Crippen molar-refractivity contribution in [1.82, 2.24) is 5.32 Å². The molecule has 0 rings (SSSR count). The van der Waals surface area contributed by atoms with Crippen molar-refractivity contribution < 1.29 is 13.2 Å². The summed E-state index contributed by atoms with van der Waals surface area (Å²) >= 11 is 0. The highest BCUT2D eigenvalue weighted by Gasteiger charge is 2.30. The van der Waals surface area contributed by atoms with Crippen LogP contribution in [0.5, 0.6) is 0 Å². The van der Waals surface area contributed by atoms with Gasteiger partial charge in [-0.25, -0.2) is 8.42 Å². The Balaban J connectivity index is 4.68. The van der Waals surface area contributed by atoms with E-state index in [0.717, 1.165) is 19.4 Å². The minimum absolute atomic E-state index is 0.0811. The van der Waals surface area contributed by atoms with Gasteiger partial charge in [0.1, 0.15) is 0 Å². The predicted octanol–water partition coefficient (Wildman–Crippen LogP) is 1.99. The predicted molar refractivity (Wildman–Crippen MR) is 76.7 cm³/mol. The highest BCUT2D eigenvalue weighted by molar-refractivity contribution is 7.92. The number of hydrogen-bond acceptors (Lipinski definition) is 4. The molecule has 18 heavy (non-hydrogen) atoms. The van der Waals surface area contributed by atoms with Gasteiger partial charge >= 0.3 is 0 Å². The van der Waals surface area contributed by atoms with E-state index in [1.807, 2.05) is 13.8 Å². The van der Waals surface area contributed by atoms with Gasteiger partial charge < -0.3 is 10.1 Å². The van der Waals surface area contributed by atoms with Crippen LogP contribution in [-0.4, -0.2) is 45.7 Å². The second-order valence-corrected chi connectivity index (χ2v) is 6.95. The van der Waals surface area contributed by atoms with Crippen molar-refractivity contribution in [2.45, 2.75) is 57.7 Å². The second-order valence-electron chi connectivity index (χ2n) is 4.61. The van der Waals surface area contributed by atoms with Crippen LogP contribution >= 0.6 is 0 Å². The highest BCUT2D eigenvalue weighted by atomic mass is 32.2. The van der Waals surface area contributed by atoms with Crippen molar-refractivity contribution in [2.24, 2.45) is 0 Å². The summed E-state index contributed by atoms with van der Waals surface area (Å²) in [6.07, 6.45) is 3.17. The molecule has 110 valence electrons. The van der Waals surface area contributed by atoms with Crippen molar-refractivity contribution in [2.75, 3.05) is 26.0 Å². The third-order valence-electron chi connectivity index (χ3n) is 3.16. The van der Waals surface area contributed by atoms with E-state index >= 15 is 0 Å². The van der Waals surface area contributed by atoms with Crippen LogP contribution in [0.2, 0.25) is 0 Å². The topological polar surface area (TPSA) is 55.4 Å². The van der Waals surface area contributed by atoms with Crippen LogP contribution in [0, 0.1) is 0 Å². The molecular weight excluding hydrogens is 250 g/mol. The number of methoxy groups -OCH3 is 1. The summed E-state index contributed by atoms with van der Waals surface area (Å²) in [4.78, 5) is 0. The van der Waals surface area contributed by atoms with Crippen LogP contribution in [0.25, 0.3) is 0 Å². The lowest BCUT2D eigenvalue weighted by molar-refractivity contribution is 0.199. The quantitative estimate of drug-likeness (QED) is 0.588. The molecule has 0 radical (unpaired) electrons. The average molecular weight is 279 g/mol. The highest BCUT2D eigenvalue weighted by Crippen LogP contribution is 2.17. The van der Waals surface area contributed by atoms with Gasteiger partial charge in [-0.15, -0.1) is 0 Å². The zero-order valence-electron chi connectivity index (χ0n) is 12.2. The molecular formula is C13H29NO3S. The minimum Gasteiger partial charge on any atom is -0.385 e. The van der Waals surface area contributed by atoms with E-state index in [-0.39, 0.29) is 17.0 Å². The van der Waals surface area contributed by atoms with Gasteiger partial charge in [-0.3, -0.25) is 0 Å². The zero-order chi connectivity index (χ0) is 14.0. The Morgan fingerprint density at radius 3 is 2.33 bits per heavy atom. The van der Waals surface area contributed by atoms with E-state index in [9.17, 15) is 8.42 Å². The molecule has 0 aliphatic heterocycles. The third kappa shape index (κ3) is 6.16. The van der Waals surface area contributed by atoms with Gasteiger partial charge in [0.15, 0.2) is 9.84 Å². The second kappa shape index (κ2) is 9.75. The van der Waals surface area contributed by atoms with Crippen molar-refractivity contribution in [3.05, 3.63) is 0 Å². The van der Waals surface area contributed by atoms with Gasteiger partial charge in [0, 0.05) is 19.8 Å². The van der Waals surface area contributed by atoms with Gasteiger partial charge in [-0.05, 0) is 25.8 Å². The van der Waals surface area contributed by atoms with Gasteiger partial charge in [0.25, 0.3) is 0 Å². The maximum Gasteiger partial charge on any atom is 0.154 e. The van der Waals surface area contributed by atoms with Crippen LogP contribution in [0.1, 0.15) is 46.5 Å². The van der Waals surface area contributed by atoms with Crippen molar-refractivity contribution in [3.63, 3.8) is 0 Å². The number of hydrogen-bond donors (Lipinski definition) is 1. The SMILES string of the molecule is CCCC(NCC)C(CC)S(=O)(=O)CCCOC. The number of nitrogens with one attached hydrogen (secondary N) is 1. The molecule has 0 saturated heterocycles. The monoisotopic (exact) mass is 279 g/mol. The maximum atomic E-state index is 12.3. The summed E-state index contributed by atoms with van der Waals surface area (Å²) in [5.74, 6) is 0.227. The molecule has 1 N–H and O–H groups in total. The summed E-state index contributed by atoms with van der Waals surface area (Å²) in [6, 6.07) is 0.0811. The van der Waals surface area contributed by atoms with Crippen LogP contribution in [0.3, 0.4) is 0 Å². The summed E-state index contributed by atoms with van der Waals surface area (Å²) in [5.41, 5.74) is 0. The van der Waals surface area contributed by atoms with Gasteiger partial charge in [-0.1, -0.05) is 27.2 Å². The summed E-state index contributed by atoms with van der Waals surface area (Å²) in [6.45, 7) is 7.39. The Bertz CT molecular complexity index is 285. The van der Waals surface area contributed by atoms with E-state index in [1.165, 1.54) is 0 Å². The molecule has 0 aliphatic rings. The van der Waals surface area contributed by atoms with E-state index in [2.05, 4.69) is 12.2 Å². The van der Waals surface area contributed by atoms with E-state index in [4.69, 9.17) is 4.74 Å². The molecule has 0 saturated carbocycles. The minimum atomic E-state index is -3.03. The van der Waals surface area contributed by atoms with Gasteiger partial charge in [0.05, 0.1) is 11.0 Å². The molecule has 0 aromatic heterocycles. The molecule has 0 bridgehead atoms. The Hall–Kier alpha value is -0.130. The molecule has 0 heterocycles. The van der Waals surface area contributed by atoms with Gasteiger partial charge in [-0.2, -0.15) is 0 Å². The Morgan fingerprint density at radius 1 is 1.22 bits per heavy atom. The zero-order valence-corrected chi connectivity index (χ0v) is 13.1. The van der Waals surface area contributed by atoms with Crippen molar-refractivity contribution in [1.29, 1.82) is 0 Å². The van der Waals surface area contributed by atoms with Crippen LogP contribution in [0.15, 0.2) is 0 Å². The fraction of sp³-hybridized carbons (Fsp3) is 1.00. The Labute approximate surface area is 112 Å². The molecule has 5 heteroatoms. The summed E-state index contributed by atoms with van der Waals surface area (Å²) in [5, 5.41) is 3.05. The fourth-order valence-electron chi connectivity index (χ4n) is 2.34. The first-order chi connectivity index (χ1) is 8.53. The molecule has 2 unspecified atom stereocenters. The standard InChI is InChI=1S/C13H29NO3S/c1-5-9-12(14-7-3)13(6-2)18(15,16)11-8-10-17-4/h12-14H,5-11H2,1-4H3. The van der Waals surface area contributed by atoms with E-state index < -0.39 is 9.84 Å². The normalized spacial score (nSPS) is 15.6. The van der Waals surface area contributed by atoms with Crippen LogP contribution in [-0.2, 0) is 14.6 Å². The Morgan fingerprint density at radius 2 is 1.89 bits per heavy atom. The Kier molecular flexibility index (Phi) is 9.68. The lowest BCUT2D eigenvalue weighted by atomic mass is 10.1. The molecule has 0 fully saturated rings. The summed E-state index contributed by atoms with van der Waals surface area (Å²) in [7, 11) is -1.43. The molecule has 0 aromatic carbocycles. The number of ether oxygens (including phenoxy) is 1. The van der Waals surface area contributed by atoms with Crippen LogP contribution in [0.4, 0.5) is 0 Å². The van der Waals surface area contributed by atoms with Crippen molar-refractivity contribution >= 4 is 9.84 Å². The van der Waals surface area contributed by atoms with Crippen LogP contribution < -0.4 is 5.32 Å². The summed E-state index contributed by atoms with van der Waals surface area (Å²) < 4.78 is 29.6. The largest absolute Gasteiger partial charge is 0.385 e. The maximum absolute atomic E-state index is 12.3. The molecule has 2 atom stereocenters. The first-order valence-corrected chi connectivity index (χ1v) is 8.68. The number of sulfone groups is 1.